The molecule has 0 aromatic heterocycles. The van der Waals surface area contributed by atoms with Crippen molar-refractivity contribution in [3.05, 3.63) is 75.4 Å². The Morgan fingerprint density at radius 1 is 1.00 bits per heavy atom. The Labute approximate surface area is 170 Å². The summed E-state index contributed by atoms with van der Waals surface area (Å²) in [7, 11) is 0. The van der Waals surface area contributed by atoms with Crippen molar-refractivity contribution in [1.29, 1.82) is 0 Å². The molecule has 2 fully saturated rings. The molecule has 2 amide bonds. The molecule has 0 bridgehead atoms. The third-order valence-electron chi connectivity index (χ3n) is 5.77. The minimum atomic E-state index is -0.815. The quantitative estimate of drug-likeness (QED) is 0.605. The minimum Gasteiger partial charge on any atom is -0.358 e. The van der Waals surface area contributed by atoms with E-state index in [-0.39, 0.29) is 28.3 Å². The van der Waals surface area contributed by atoms with E-state index in [2.05, 4.69) is 5.32 Å². The molecule has 7 heteroatoms. The van der Waals surface area contributed by atoms with Crippen molar-refractivity contribution in [3.8, 4) is 0 Å². The van der Waals surface area contributed by atoms with Gasteiger partial charge in [-0.25, -0.2) is 0 Å². The lowest BCUT2D eigenvalue weighted by Crippen LogP contribution is -2.43. The van der Waals surface area contributed by atoms with Gasteiger partial charge in [0.05, 0.1) is 22.9 Å². The summed E-state index contributed by atoms with van der Waals surface area (Å²) < 4.78 is 0. The zero-order valence-electron chi connectivity index (χ0n) is 14.4. The number of amides is 2. The van der Waals surface area contributed by atoms with Gasteiger partial charge in [-0.15, -0.1) is 0 Å². The number of Topliss-reactive ketones (excluding diaryl/α,β-unsaturated/α-hetero) is 1. The highest BCUT2D eigenvalue weighted by Gasteiger charge is 2.61. The molecule has 2 saturated heterocycles. The number of hydrogen-bond donors (Lipinski definition) is 1. The first-order valence-electron chi connectivity index (χ1n) is 8.86. The van der Waals surface area contributed by atoms with E-state index in [1.807, 2.05) is 35.2 Å². The Morgan fingerprint density at radius 2 is 1.75 bits per heavy atom. The van der Waals surface area contributed by atoms with Gasteiger partial charge in [0.25, 0.3) is 0 Å². The van der Waals surface area contributed by atoms with Crippen molar-refractivity contribution < 1.29 is 14.4 Å². The van der Waals surface area contributed by atoms with Crippen LogP contribution in [0.3, 0.4) is 0 Å². The number of imide groups is 1. The van der Waals surface area contributed by atoms with Gasteiger partial charge in [0.1, 0.15) is 6.04 Å². The fourth-order valence-corrected chi connectivity index (χ4v) is 5.12. The van der Waals surface area contributed by atoms with Crippen LogP contribution in [0.1, 0.15) is 27.5 Å². The first kappa shape index (κ1) is 17.5. The highest BCUT2D eigenvalue weighted by Crippen LogP contribution is 2.51. The predicted octanol–water partition coefficient (Wildman–Crippen LogP) is 3.47. The number of halogens is 2. The molecule has 2 aromatic carbocycles. The summed E-state index contributed by atoms with van der Waals surface area (Å²) in [5.41, 5.74) is 2.20. The Kier molecular flexibility index (Phi) is 3.86. The summed E-state index contributed by atoms with van der Waals surface area (Å²) in [4.78, 5) is 40.5. The molecule has 3 aliphatic heterocycles. The van der Waals surface area contributed by atoms with E-state index in [1.165, 1.54) is 6.07 Å². The van der Waals surface area contributed by atoms with Crippen LogP contribution in [0.25, 0.3) is 6.08 Å². The number of ketones is 1. The summed E-state index contributed by atoms with van der Waals surface area (Å²) >= 11 is 12.2. The van der Waals surface area contributed by atoms with Gasteiger partial charge in [0.15, 0.2) is 5.78 Å². The first-order valence-corrected chi connectivity index (χ1v) is 9.61. The van der Waals surface area contributed by atoms with Crippen LogP contribution in [0.2, 0.25) is 10.0 Å². The van der Waals surface area contributed by atoms with Gasteiger partial charge in [-0.1, -0.05) is 47.5 Å². The predicted molar refractivity (Wildman–Crippen MR) is 105 cm³/mol. The number of nitrogens with one attached hydrogen (secondary N) is 1. The number of carbonyl (C=O) groups excluding carboxylic acids is 3. The smallest absolute Gasteiger partial charge is 0.233 e. The number of hydrogen-bond acceptors (Lipinski definition) is 4. The van der Waals surface area contributed by atoms with Crippen molar-refractivity contribution in [2.75, 3.05) is 0 Å². The van der Waals surface area contributed by atoms with Crippen LogP contribution in [-0.4, -0.2) is 28.5 Å². The van der Waals surface area contributed by atoms with E-state index in [9.17, 15) is 14.4 Å². The fraction of sp³-hybridized carbons (Fsp3) is 0.190. The highest BCUT2D eigenvalue weighted by atomic mass is 35.5. The largest absolute Gasteiger partial charge is 0.358 e. The van der Waals surface area contributed by atoms with E-state index in [4.69, 9.17) is 23.2 Å². The Hall–Kier alpha value is -2.63. The van der Waals surface area contributed by atoms with Gasteiger partial charge < -0.3 is 4.90 Å². The Bertz CT molecular complexity index is 1080. The molecule has 3 heterocycles. The van der Waals surface area contributed by atoms with Crippen LogP contribution in [-0.2, 0) is 9.59 Å². The van der Waals surface area contributed by atoms with Crippen LogP contribution in [0.4, 0.5) is 0 Å². The van der Waals surface area contributed by atoms with Gasteiger partial charge in [-0.3, -0.25) is 19.7 Å². The maximum absolute atomic E-state index is 13.4. The zero-order chi connectivity index (χ0) is 19.6. The van der Waals surface area contributed by atoms with Crippen LogP contribution in [0.15, 0.2) is 48.7 Å². The number of rotatable bonds is 2. The second kappa shape index (κ2) is 6.19. The SMILES string of the molecule is O=C1NC(=O)[C@@H]2[C@@H]1[C@H](C(=O)c1ccc(Cl)cc1Cl)N1C=Cc3ccccc3[C@@H]21. The molecule has 0 spiro atoms. The highest BCUT2D eigenvalue weighted by molar-refractivity contribution is 6.37. The maximum atomic E-state index is 13.4. The van der Waals surface area contributed by atoms with Crippen LogP contribution >= 0.6 is 23.2 Å². The molecule has 0 saturated carbocycles. The van der Waals surface area contributed by atoms with Crippen molar-refractivity contribution in [2.24, 2.45) is 11.8 Å². The Balaban J connectivity index is 1.65. The molecule has 0 aliphatic carbocycles. The van der Waals surface area contributed by atoms with E-state index >= 15 is 0 Å². The maximum Gasteiger partial charge on any atom is 0.233 e. The van der Waals surface area contributed by atoms with Crippen LogP contribution < -0.4 is 5.32 Å². The van der Waals surface area contributed by atoms with E-state index in [0.717, 1.165) is 11.1 Å². The third kappa shape index (κ3) is 2.36. The molecule has 28 heavy (non-hydrogen) atoms. The topological polar surface area (TPSA) is 66.5 Å². The molecule has 4 atom stereocenters. The van der Waals surface area contributed by atoms with Gasteiger partial charge in [-0.2, -0.15) is 0 Å². The standard InChI is InChI=1S/C21H14Cl2N2O3/c22-11-5-6-13(14(23)9-11)19(26)18-16-15(20(27)24-21(16)28)17-12-4-2-1-3-10(12)7-8-25(17)18/h1-9,15-18H,(H,24,27,28)/t15-,16-,17+,18-/m1/s1. The molecular formula is C21H14Cl2N2O3. The lowest BCUT2D eigenvalue weighted by molar-refractivity contribution is -0.127. The molecule has 3 aliphatic rings. The summed E-state index contributed by atoms with van der Waals surface area (Å²) in [6.45, 7) is 0. The lowest BCUT2D eigenvalue weighted by atomic mass is 9.83. The monoisotopic (exact) mass is 412 g/mol. The number of benzene rings is 2. The van der Waals surface area contributed by atoms with E-state index < -0.39 is 23.8 Å². The fourth-order valence-electron chi connectivity index (χ4n) is 4.62. The van der Waals surface area contributed by atoms with Crippen molar-refractivity contribution >= 4 is 46.9 Å². The summed E-state index contributed by atoms with van der Waals surface area (Å²) in [6, 6.07) is 11.2. The zero-order valence-corrected chi connectivity index (χ0v) is 15.9. The molecule has 5 rings (SSSR count). The van der Waals surface area contributed by atoms with Crippen molar-refractivity contribution in [3.63, 3.8) is 0 Å². The second-order valence-corrected chi connectivity index (χ2v) is 8.02. The average Bonchev–Trinajstić information content (AvgIpc) is 3.16. The number of nitrogens with zero attached hydrogens (tertiary/aromatic N) is 1. The summed E-state index contributed by atoms with van der Waals surface area (Å²) in [5.74, 6) is -2.45. The van der Waals surface area contributed by atoms with Crippen LogP contribution in [0, 0.1) is 11.8 Å². The second-order valence-electron chi connectivity index (χ2n) is 7.18. The lowest BCUT2D eigenvalue weighted by Gasteiger charge is -2.34. The molecule has 5 nitrogen and oxygen atoms in total. The Morgan fingerprint density at radius 3 is 2.54 bits per heavy atom. The van der Waals surface area contributed by atoms with Gasteiger partial charge in [0.2, 0.25) is 11.8 Å². The van der Waals surface area contributed by atoms with E-state index in [0.29, 0.717) is 5.02 Å². The molecule has 140 valence electrons. The molecule has 0 radical (unpaired) electrons. The van der Waals surface area contributed by atoms with Gasteiger partial charge in [0, 0.05) is 16.8 Å². The summed E-state index contributed by atoms with van der Waals surface area (Å²) in [5, 5.41) is 3.05. The average molecular weight is 413 g/mol. The summed E-state index contributed by atoms with van der Waals surface area (Å²) in [6.07, 6.45) is 3.71. The third-order valence-corrected chi connectivity index (χ3v) is 6.32. The van der Waals surface area contributed by atoms with Gasteiger partial charge in [-0.05, 0) is 35.4 Å². The number of fused-ring (bicyclic) bond motifs is 5. The number of carbonyl (C=O) groups is 3. The van der Waals surface area contributed by atoms with Gasteiger partial charge >= 0.3 is 0 Å². The molecule has 2 aromatic rings. The minimum absolute atomic E-state index is 0.226. The normalized spacial score (nSPS) is 27.3. The first-order chi connectivity index (χ1) is 13.5. The van der Waals surface area contributed by atoms with Crippen molar-refractivity contribution in [2.45, 2.75) is 12.1 Å². The molecule has 1 N–H and O–H groups in total. The molecule has 0 unspecified atom stereocenters. The van der Waals surface area contributed by atoms with E-state index in [1.54, 1.807) is 18.3 Å². The molecular weight excluding hydrogens is 399 g/mol. The van der Waals surface area contributed by atoms with Crippen LogP contribution in [0.5, 0.6) is 0 Å². The van der Waals surface area contributed by atoms with Crippen molar-refractivity contribution in [1.82, 2.24) is 10.2 Å².